The Hall–Kier alpha value is -1.13. The van der Waals surface area contributed by atoms with E-state index < -0.39 is 0 Å². The summed E-state index contributed by atoms with van der Waals surface area (Å²) in [7, 11) is 5.43. The minimum Gasteiger partial charge on any atom is -0.494 e. The molecule has 0 bridgehead atoms. The maximum atomic E-state index is 14.1. The van der Waals surface area contributed by atoms with E-state index in [9.17, 15) is 4.39 Å². The summed E-state index contributed by atoms with van der Waals surface area (Å²) in [5.41, 5.74) is 0.653. The number of halogens is 1. The number of hydrogen-bond donors (Lipinski definition) is 1. The zero-order valence-corrected chi connectivity index (χ0v) is 11.0. The molecule has 0 heterocycles. The highest BCUT2D eigenvalue weighted by molar-refractivity contribution is 5.33. The van der Waals surface area contributed by atoms with E-state index >= 15 is 0 Å². The molecule has 1 aromatic rings. The number of rotatable bonds is 6. The quantitative estimate of drug-likeness (QED) is 0.823. The fourth-order valence-electron chi connectivity index (χ4n) is 1.84. The van der Waals surface area contributed by atoms with E-state index in [-0.39, 0.29) is 11.9 Å². The first-order chi connectivity index (χ1) is 8.10. The third-order valence-electron chi connectivity index (χ3n) is 2.59. The molecular weight excluding hydrogens is 219 g/mol. The summed E-state index contributed by atoms with van der Waals surface area (Å²) < 4.78 is 19.1. The molecule has 3 nitrogen and oxygen atoms in total. The van der Waals surface area contributed by atoms with Gasteiger partial charge < -0.3 is 15.0 Å². The van der Waals surface area contributed by atoms with Crippen molar-refractivity contribution in [2.45, 2.75) is 13.0 Å². The maximum Gasteiger partial charge on any atom is 0.169 e. The molecule has 1 N–H and O–H groups in total. The van der Waals surface area contributed by atoms with E-state index in [1.54, 1.807) is 12.1 Å². The SMILES string of the molecule is CCNC(CN(C)C)c1cccc(OC)c1F. The fourth-order valence-corrected chi connectivity index (χ4v) is 1.84. The smallest absolute Gasteiger partial charge is 0.169 e. The lowest BCUT2D eigenvalue weighted by molar-refractivity contribution is 0.333. The van der Waals surface area contributed by atoms with E-state index in [1.807, 2.05) is 32.0 Å². The minimum atomic E-state index is -0.275. The van der Waals surface area contributed by atoms with Crippen molar-refractivity contribution in [1.29, 1.82) is 0 Å². The number of benzene rings is 1. The summed E-state index contributed by atoms with van der Waals surface area (Å²) in [5.74, 6) is 0.0203. The molecule has 1 aromatic carbocycles. The Bertz CT molecular complexity index is 355. The number of nitrogens with zero attached hydrogens (tertiary/aromatic N) is 1. The first kappa shape index (κ1) is 13.9. The van der Waals surface area contributed by atoms with Gasteiger partial charge >= 0.3 is 0 Å². The molecule has 1 atom stereocenters. The van der Waals surface area contributed by atoms with Gasteiger partial charge in [0.1, 0.15) is 0 Å². The summed E-state index contributed by atoms with van der Waals surface area (Å²) in [5, 5.41) is 3.29. The highest BCUT2D eigenvalue weighted by atomic mass is 19.1. The molecule has 0 amide bonds. The van der Waals surface area contributed by atoms with Crippen molar-refractivity contribution in [3.8, 4) is 5.75 Å². The van der Waals surface area contributed by atoms with E-state index in [2.05, 4.69) is 5.32 Å². The number of ether oxygens (including phenoxy) is 1. The van der Waals surface area contributed by atoms with Gasteiger partial charge in [0.05, 0.1) is 7.11 Å². The zero-order chi connectivity index (χ0) is 12.8. The Kier molecular flexibility index (Phi) is 5.38. The second-order valence-electron chi connectivity index (χ2n) is 4.24. The van der Waals surface area contributed by atoms with E-state index in [4.69, 9.17) is 4.74 Å². The molecule has 17 heavy (non-hydrogen) atoms. The molecule has 0 spiro atoms. The van der Waals surface area contributed by atoms with Crippen LogP contribution in [-0.2, 0) is 0 Å². The van der Waals surface area contributed by atoms with Gasteiger partial charge in [-0.1, -0.05) is 19.1 Å². The molecular formula is C13H21FN2O. The molecule has 0 aromatic heterocycles. The third-order valence-corrected chi connectivity index (χ3v) is 2.59. The zero-order valence-electron chi connectivity index (χ0n) is 11.0. The van der Waals surface area contributed by atoms with E-state index in [0.717, 1.165) is 13.1 Å². The van der Waals surface area contributed by atoms with Crippen molar-refractivity contribution in [3.05, 3.63) is 29.6 Å². The molecule has 0 aliphatic rings. The van der Waals surface area contributed by atoms with Crippen molar-refractivity contribution in [1.82, 2.24) is 10.2 Å². The van der Waals surface area contributed by atoms with Crippen LogP contribution < -0.4 is 10.1 Å². The van der Waals surface area contributed by atoms with Crippen LogP contribution in [0, 0.1) is 5.82 Å². The summed E-state index contributed by atoms with van der Waals surface area (Å²) in [6.07, 6.45) is 0. The average Bonchev–Trinajstić information content (AvgIpc) is 2.28. The lowest BCUT2D eigenvalue weighted by Crippen LogP contribution is -2.31. The lowest BCUT2D eigenvalue weighted by Gasteiger charge is -2.23. The van der Waals surface area contributed by atoms with Crippen LogP contribution in [0.15, 0.2) is 18.2 Å². The van der Waals surface area contributed by atoms with Gasteiger partial charge in [0.25, 0.3) is 0 Å². The first-order valence-corrected chi connectivity index (χ1v) is 5.80. The molecule has 0 radical (unpaired) electrons. The Balaban J connectivity index is 3.00. The second kappa shape index (κ2) is 6.57. The summed E-state index contributed by atoms with van der Waals surface area (Å²) in [6, 6.07) is 5.23. The van der Waals surface area contributed by atoms with Crippen molar-refractivity contribution < 1.29 is 9.13 Å². The van der Waals surface area contributed by atoms with Gasteiger partial charge in [-0.15, -0.1) is 0 Å². The van der Waals surface area contributed by atoms with Crippen LogP contribution >= 0.6 is 0 Å². The van der Waals surface area contributed by atoms with Crippen molar-refractivity contribution >= 4 is 0 Å². The number of methoxy groups -OCH3 is 1. The molecule has 0 saturated heterocycles. The number of likely N-dealkylation sites (N-methyl/N-ethyl adjacent to an activating group) is 2. The first-order valence-electron chi connectivity index (χ1n) is 5.80. The van der Waals surface area contributed by atoms with E-state index in [1.165, 1.54) is 7.11 Å². The van der Waals surface area contributed by atoms with Gasteiger partial charge in [-0.2, -0.15) is 0 Å². The van der Waals surface area contributed by atoms with Crippen molar-refractivity contribution in [2.24, 2.45) is 0 Å². The number of nitrogens with one attached hydrogen (secondary N) is 1. The van der Waals surface area contributed by atoms with Crippen LogP contribution in [0.2, 0.25) is 0 Å². The monoisotopic (exact) mass is 240 g/mol. The predicted octanol–water partition coefficient (Wildman–Crippen LogP) is 2.05. The van der Waals surface area contributed by atoms with Crippen LogP contribution in [0.5, 0.6) is 5.75 Å². The van der Waals surface area contributed by atoms with Gasteiger partial charge in [-0.25, -0.2) is 4.39 Å². The normalized spacial score (nSPS) is 12.8. The minimum absolute atomic E-state index is 0.0231. The number of hydrogen-bond acceptors (Lipinski definition) is 3. The van der Waals surface area contributed by atoms with Crippen LogP contribution in [0.1, 0.15) is 18.5 Å². The molecule has 1 unspecified atom stereocenters. The van der Waals surface area contributed by atoms with Crippen molar-refractivity contribution in [3.63, 3.8) is 0 Å². The van der Waals surface area contributed by atoms with Crippen LogP contribution in [0.3, 0.4) is 0 Å². The summed E-state index contributed by atoms with van der Waals surface area (Å²) >= 11 is 0. The lowest BCUT2D eigenvalue weighted by atomic mass is 10.1. The van der Waals surface area contributed by atoms with Crippen molar-refractivity contribution in [2.75, 3.05) is 34.3 Å². The Morgan fingerprint density at radius 3 is 2.65 bits per heavy atom. The molecule has 0 fully saturated rings. The predicted molar refractivity (Wildman–Crippen MR) is 67.9 cm³/mol. The topological polar surface area (TPSA) is 24.5 Å². The highest BCUT2D eigenvalue weighted by Gasteiger charge is 2.18. The van der Waals surface area contributed by atoms with Gasteiger partial charge in [0, 0.05) is 18.2 Å². The Labute approximate surface area is 103 Å². The molecule has 96 valence electrons. The largest absolute Gasteiger partial charge is 0.494 e. The summed E-state index contributed by atoms with van der Waals surface area (Å²) in [4.78, 5) is 2.03. The molecule has 0 aliphatic heterocycles. The standard InChI is InChI=1S/C13H21FN2O/c1-5-15-11(9-16(2)3)10-7-6-8-12(17-4)13(10)14/h6-8,11,15H,5,9H2,1-4H3. The van der Waals surface area contributed by atoms with E-state index in [0.29, 0.717) is 11.3 Å². The Morgan fingerprint density at radius 1 is 1.41 bits per heavy atom. The summed E-state index contributed by atoms with van der Waals surface area (Å²) in [6.45, 7) is 3.56. The highest BCUT2D eigenvalue weighted by Crippen LogP contribution is 2.25. The van der Waals surface area contributed by atoms with Gasteiger partial charge in [0.15, 0.2) is 11.6 Å². The Morgan fingerprint density at radius 2 is 2.12 bits per heavy atom. The fraction of sp³-hybridized carbons (Fsp3) is 0.538. The van der Waals surface area contributed by atoms with Gasteiger partial charge in [0.2, 0.25) is 0 Å². The van der Waals surface area contributed by atoms with Gasteiger partial charge in [-0.3, -0.25) is 0 Å². The second-order valence-corrected chi connectivity index (χ2v) is 4.24. The van der Waals surface area contributed by atoms with Crippen LogP contribution in [0.25, 0.3) is 0 Å². The molecule has 0 aliphatic carbocycles. The van der Waals surface area contributed by atoms with Crippen LogP contribution in [-0.4, -0.2) is 39.2 Å². The van der Waals surface area contributed by atoms with Gasteiger partial charge in [-0.05, 0) is 26.7 Å². The molecule has 4 heteroatoms. The molecule has 0 saturated carbocycles. The average molecular weight is 240 g/mol. The third kappa shape index (κ3) is 3.68. The maximum absolute atomic E-state index is 14.1. The van der Waals surface area contributed by atoms with Crippen LogP contribution in [0.4, 0.5) is 4.39 Å². The molecule has 1 rings (SSSR count).